The van der Waals surface area contributed by atoms with Crippen LogP contribution in [0.25, 0.3) is 10.4 Å². The largest absolute Gasteiger partial charge is 0.478 e. The van der Waals surface area contributed by atoms with Gasteiger partial charge in [0, 0.05) is 11.4 Å². The van der Waals surface area contributed by atoms with E-state index in [-0.39, 0.29) is 0 Å². The smallest absolute Gasteiger partial charge is 0.338 e. The fourth-order valence-corrected chi connectivity index (χ4v) is 2.98. The van der Waals surface area contributed by atoms with Crippen LogP contribution in [-0.2, 0) is 0 Å². The Morgan fingerprint density at radius 3 is 2.60 bits per heavy atom. The van der Waals surface area contributed by atoms with Crippen molar-refractivity contribution in [3.63, 3.8) is 0 Å². The van der Waals surface area contributed by atoms with Gasteiger partial charge in [-0.3, -0.25) is 0 Å². The Hall–Kier alpha value is -1.81. The number of carbonyl (C=O) groups is 1. The van der Waals surface area contributed by atoms with Crippen LogP contribution in [0.15, 0.2) is 36.4 Å². The molecule has 4 heteroatoms. The van der Waals surface area contributed by atoms with E-state index in [1.165, 1.54) is 11.3 Å². The lowest BCUT2D eigenvalue weighted by Crippen LogP contribution is -2.06. The Morgan fingerprint density at radius 1 is 1.30 bits per heavy atom. The third-order valence-corrected chi connectivity index (χ3v) is 4.17. The van der Waals surface area contributed by atoms with Crippen molar-refractivity contribution < 1.29 is 9.90 Å². The summed E-state index contributed by atoms with van der Waals surface area (Å²) in [6.45, 7) is 5.11. The number of rotatable bonds is 6. The summed E-state index contributed by atoms with van der Waals surface area (Å²) in [7, 11) is 0. The predicted molar refractivity (Wildman–Crippen MR) is 84.7 cm³/mol. The van der Waals surface area contributed by atoms with Gasteiger partial charge in [-0.25, -0.2) is 4.79 Å². The summed E-state index contributed by atoms with van der Waals surface area (Å²) in [4.78, 5) is 12.3. The molecule has 2 aromatic rings. The topological polar surface area (TPSA) is 49.3 Å². The Labute approximate surface area is 123 Å². The van der Waals surface area contributed by atoms with Crippen LogP contribution in [0.2, 0.25) is 0 Å². The molecule has 1 aromatic carbocycles. The molecule has 0 saturated heterocycles. The highest BCUT2D eigenvalue weighted by atomic mass is 32.1. The van der Waals surface area contributed by atoms with Gasteiger partial charge in [0.05, 0.1) is 5.56 Å². The van der Waals surface area contributed by atoms with E-state index < -0.39 is 5.97 Å². The molecule has 2 N–H and O–H groups in total. The standard InChI is InChI=1S/C16H19NO2S/c1-11(2)8-9-17-15-13(16(18)19)10-14(20-15)12-6-4-3-5-7-12/h3-7,10-11,17H,8-9H2,1-2H3,(H,18,19). The monoisotopic (exact) mass is 289 g/mol. The van der Waals surface area contributed by atoms with E-state index in [1.807, 2.05) is 30.3 Å². The zero-order chi connectivity index (χ0) is 14.5. The molecular formula is C16H19NO2S. The normalized spacial score (nSPS) is 10.8. The fraction of sp³-hybridized carbons (Fsp3) is 0.312. The summed E-state index contributed by atoms with van der Waals surface area (Å²) in [6.07, 6.45) is 1.03. The van der Waals surface area contributed by atoms with Crippen molar-refractivity contribution in [2.75, 3.05) is 11.9 Å². The van der Waals surface area contributed by atoms with E-state index >= 15 is 0 Å². The number of carboxylic acids is 1. The van der Waals surface area contributed by atoms with Crippen LogP contribution < -0.4 is 5.32 Å². The second kappa shape index (κ2) is 6.57. The van der Waals surface area contributed by atoms with Crippen LogP contribution >= 0.6 is 11.3 Å². The average molecular weight is 289 g/mol. The SMILES string of the molecule is CC(C)CCNc1sc(-c2ccccc2)cc1C(=O)O. The minimum absolute atomic E-state index is 0.359. The molecule has 0 atom stereocenters. The van der Waals surface area contributed by atoms with Crippen molar-refractivity contribution in [1.82, 2.24) is 0 Å². The molecule has 3 nitrogen and oxygen atoms in total. The Bertz CT molecular complexity index is 575. The van der Waals surface area contributed by atoms with E-state index in [4.69, 9.17) is 0 Å². The van der Waals surface area contributed by atoms with E-state index in [2.05, 4.69) is 19.2 Å². The molecule has 0 radical (unpaired) electrons. The second-order valence-electron chi connectivity index (χ2n) is 5.13. The number of hydrogen-bond donors (Lipinski definition) is 2. The van der Waals surface area contributed by atoms with Crippen molar-refractivity contribution in [2.24, 2.45) is 5.92 Å². The van der Waals surface area contributed by atoms with Crippen molar-refractivity contribution in [2.45, 2.75) is 20.3 Å². The maximum absolute atomic E-state index is 11.3. The number of carboxylic acid groups (broad SMARTS) is 1. The quantitative estimate of drug-likeness (QED) is 0.819. The van der Waals surface area contributed by atoms with Gasteiger partial charge in [-0.15, -0.1) is 11.3 Å². The summed E-state index contributed by atoms with van der Waals surface area (Å²) in [5, 5.41) is 13.3. The Morgan fingerprint density at radius 2 is 2.00 bits per heavy atom. The predicted octanol–water partition coefficient (Wildman–Crippen LogP) is 4.57. The van der Waals surface area contributed by atoms with Crippen molar-refractivity contribution in [3.05, 3.63) is 42.0 Å². The third-order valence-electron chi connectivity index (χ3n) is 3.03. The van der Waals surface area contributed by atoms with E-state index in [0.717, 1.165) is 28.4 Å². The number of aromatic carboxylic acids is 1. The summed E-state index contributed by atoms with van der Waals surface area (Å²) in [5.41, 5.74) is 1.41. The van der Waals surface area contributed by atoms with Gasteiger partial charge in [0.2, 0.25) is 0 Å². The molecular weight excluding hydrogens is 270 g/mol. The summed E-state index contributed by atoms with van der Waals surface area (Å²) < 4.78 is 0. The van der Waals surface area contributed by atoms with Gasteiger partial charge in [0.15, 0.2) is 0 Å². The van der Waals surface area contributed by atoms with Gasteiger partial charge in [0.25, 0.3) is 0 Å². The van der Waals surface area contributed by atoms with Crippen LogP contribution in [0.1, 0.15) is 30.6 Å². The first kappa shape index (κ1) is 14.6. The third kappa shape index (κ3) is 3.61. The number of thiophene rings is 1. The highest BCUT2D eigenvalue weighted by Crippen LogP contribution is 2.35. The molecule has 2 rings (SSSR count). The lowest BCUT2D eigenvalue weighted by molar-refractivity contribution is 0.0698. The highest BCUT2D eigenvalue weighted by molar-refractivity contribution is 7.19. The summed E-state index contributed by atoms with van der Waals surface area (Å²) >= 11 is 1.50. The van der Waals surface area contributed by atoms with Crippen molar-refractivity contribution in [1.29, 1.82) is 0 Å². The van der Waals surface area contributed by atoms with Crippen molar-refractivity contribution in [3.8, 4) is 10.4 Å². The molecule has 0 saturated carbocycles. The van der Waals surface area contributed by atoms with E-state index in [1.54, 1.807) is 6.07 Å². The number of anilines is 1. The molecule has 0 bridgehead atoms. The number of hydrogen-bond acceptors (Lipinski definition) is 3. The molecule has 20 heavy (non-hydrogen) atoms. The summed E-state index contributed by atoms with van der Waals surface area (Å²) in [6, 6.07) is 11.6. The first-order valence-corrected chi connectivity index (χ1v) is 7.56. The van der Waals surface area contributed by atoms with Crippen LogP contribution in [0.3, 0.4) is 0 Å². The Balaban J connectivity index is 2.22. The van der Waals surface area contributed by atoms with Gasteiger partial charge in [-0.2, -0.15) is 0 Å². The molecule has 0 unspecified atom stereocenters. The molecule has 1 aromatic heterocycles. The molecule has 0 aliphatic rings. The van der Waals surface area contributed by atoms with Crippen LogP contribution in [0.4, 0.5) is 5.00 Å². The molecule has 0 aliphatic carbocycles. The maximum Gasteiger partial charge on any atom is 0.338 e. The zero-order valence-corrected chi connectivity index (χ0v) is 12.5. The fourth-order valence-electron chi connectivity index (χ4n) is 1.90. The van der Waals surface area contributed by atoms with Crippen LogP contribution in [-0.4, -0.2) is 17.6 Å². The van der Waals surface area contributed by atoms with Gasteiger partial charge in [0.1, 0.15) is 5.00 Å². The first-order valence-electron chi connectivity index (χ1n) is 6.74. The zero-order valence-electron chi connectivity index (χ0n) is 11.7. The van der Waals surface area contributed by atoms with E-state index in [0.29, 0.717) is 11.5 Å². The minimum Gasteiger partial charge on any atom is -0.478 e. The van der Waals surface area contributed by atoms with Gasteiger partial charge >= 0.3 is 5.97 Å². The molecule has 1 heterocycles. The van der Waals surface area contributed by atoms with Crippen molar-refractivity contribution >= 4 is 22.3 Å². The minimum atomic E-state index is -0.879. The number of benzene rings is 1. The van der Waals surface area contributed by atoms with Gasteiger partial charge in [-0.1, -0.05) is 44.2 Å². The molecule has 0 fully saturated rings. The van der Waals surface area contributed by atoms with Gasteiger partial charge < -0.3 is 10.4 Å². The molecule has 0 spiro atoms. The first-order chi connectivity index (χ1) is 9.58. The molecule has 0 aliphatic heterocycles. The van der Waals surface area contributed by atoms with Crippen LogP contribution in [0, 0.1) is 5.92 Å². The van der Waals surface area contributed by atoms with Gasteiger partial charge in [-0.05, 0) is 24.0 Å². The lowest BCUT2D eigenvalue weighted by Gasteiger charge is -2.07. The molecule has 106 valence electrons. The van der Waals surface area contributed by atoms with E-state index in [9.17, 15) is 9.90 Å². The Kier molecular flexibility index (Phi) is 4.79. The lowest BCUT2D eigenvalue weighted by atomic mass is 10.1. The highest BCUT2D eigenvalue weighted by Gasteiger charge is 2.15. The number of nitrogens with one attached hydrogen (secondary N) is 1. The average Bonchev–Trinajstić information content (AvgIpc) is 2.84. The van der Waals surface area contributed by atoms with Crippen LogP contribution in [0.5, 0.6) is 0 Å². The summed E-state index contributed by atoms with van der Waals surface area (Å²) in [5.74, 6) is -0.278. The maximum atomic E-state index is 11.3. The second-order valence-corrected chi connectivity index (χ2v) is 6.19. The molecule has 0 amide bonds.